The van der Waals surface area contributed by atoms with Crippen LogP contribution in [0, 0.1) is 0 Å². The summed E-state index contributed by atoms with van der Waals surface area (Å²) in [5, 5.41) is 0. The molecule has 1 aromatic carbocycles. The van der Waals surface area contributed by atoms with Gasteiger partial charge in [0.15, 0.2) is 5.78 Å². The highest BCUT2D eigenvalue weighted by atomic mass is 32.2. The number of ketones is 2. The van der Waals surface area contributed by atoms with Gasteiger partial charge in [-0.15, -0.1) is 0 Å². The summed E-state index contributed by atoms with van der Waals surface area (Å²) >= 11 is 0. The minimum atomic E-state index is -3.68. The second kappa shape index (κ2) is 5.20. The summed E-state index contributed by atoms with van der Waals surface area (Å²) in [4.78, 5) is 21.7. The van der Waals surface area contributed by atoms with E-state index in [9.17, 15) is 18.0 Å². The van der Waals surface area contributed by atoms with Gasteiger partial charge >= 0.3 is 0 Å². The van der Waals surface area contributed by atoms with E-state index in [1.165, 1.54) is 38.1 Å². The first-order chi connectivity index (χ1) is 7.83. The molecule has 0 fully saturated rings. The van der Waals surface area contributed by atoms with Crippen molar-refractivity contribution in [2.75, 3.05) is 6.54 Å². The van der Waals surface area contributed by atoms with Gasteiger partial charge < -0.3 is 0 Å². The van der Waals surface area contributed by atoms with Crippen LogP contribution in [0.1, 0.15) is 24.2 Å². The van der Waals surface area contributed by atoms with Gasteiger partial charge in [0.1, 0.15) is 5.78 Å². The van der Waals surface area contributed by atoms with E-state index in [1.54, 1.807) is 0 Å². The second-order valence-corrected chi connectivity index (χ2v) is 5.37. The van der Waals surface area contributed by atoms with Crippen LogP contribution in [0.15, 0.2) is 29.2 Å². The topological polar surface area (TPSA) is 80.3 Å². The zero-order valence-corrected chi connectivity index (χ0v) is 10.4. The van der Waals surface area contributed by atoms with Gasteiger partial charge in [-0.1, -0.05) is 12.1 Å². The van der Waals surface area contributed by atoms with Crippen molar-refractivity contribution in [2.45, 2.75) is 18.7 Å². The van der Waals surface area contributed by atoms with Gasteiger partial charge in [0.2, 0.25) is 10.0 Å². The summed E-state index contributed by atoms with van der Waals surface area (Å²) in [7, 11) is -3.68. The van der Waals surface area contributed by atoms with E-state index in [1.807, 2.05) is 0 Å². The maximum Gasteiger partial charge on any atom is 0.240 e. The van der Waals surface area contributed by atoms with Crippen molar-refractivity contribution in [3.05, 3.63) is 29.8 Å². The zero-order chi connectivity index (χ0) is 13.1. The Balaban J connectivity index is 2.92. The quantitative estimate of drug-likeness (QED) is 0.787. The molecular weight excluding hydrogens is 242 g/mol. The SMILES string of the molecule is CC(=O)CNS(=O)(=O)c1ccc(C(C)=O)cc1. The van der Waals surface area contributed by atoms with E-state index in [2.05, 4.69) is 4.72 Å². The van der Waals surface area contributed by atoms with Crippen LogP contribution >= 0.6 is 0 Å². The summed E-state index contributed by atoms with van der Waals surface area (Å²) in [6.45, 7) is 2.45. The normalized spacial score (nSPS) is 11.2. The number of rotatable bonds is 5. The van der Waals surface area contributed by atoms with Crippen molar-refractivity contribution < 1.29 is 18.0 Å². The van der Waals surface area contributed by atoms with Gasteiger partial charge in [0.05, 0.1) is 11.4 Å². The van der Waals surface area contributed by atoms with E-state index < -0.39 is 10.0 Å². The molecule has 0 amide bonds. The molecule has 0 aliphatic carbocycles. The maximum atomic E-state index is 11.7. The number of Topliss-reactive ketones (excluding diaryl/α,β-unsaturated/α-hetero) is 2. The highest BCUT2D eigenvalue weighted by molar-refractivity contribution is 7.89. The minimum Gasteiger partial charge on any atom is -0.299 e. The summed E-state index contributed by atoms with van der Waals surface area (Å²) in [6.07, 6.45) is 0. The van der Waals surface area contributed by atoms with Crippen LogP contribution in [0.5, 0.6) is 0 Å². The van der Waals surface area contributed by atoms with Gasteiger partial charge in [0.25, 0.3) is 0 Å². The maximum absolute atomic E-state index is 11.7. The molecule has 0 saturated carbocycles. The number of hydrogen-bond donors (Lipinski definition) is 1. The Morgan fingerprint density at radius 3 is 2.06 bits per heavy atom. The molecular formula is C11H13NO4S. The average molecular weight is 255 g/mol. The number of hydrogen-bond acceptors (Lipinski definition) is 4. The molecule has 0 radical (unpaired) electrons. The van der Waals surface area contributed by atoms with Crippen molar-refractivity contribution in [2.24, 2.45) is 0 Å². The molecule has 0 spiro atoms. The molecule has 92 valence electrons. The monoisotopic (exact) mass is 255 g/mol. The fourth-order valence-corrected chi connectivity index (χ4v) is 2.20. The van der Waals surface area contributed by atoms with Crippen molar-refractivity contribution in [3.8, 4) is 0 Å². The van der Waals surface area contributed by atoms with Crippen molar-refractivity contribution in [3.63, 3.8) is 0 Å². The average Bonchev–Trinajstić information content (AvgIpc) is 2.27. The number of nitrogens with one attached hydrogen (secondary N) is 1. The predicted octanol–water partition coefficient (Wildman–Crippen LogP) is 0.756. The first kappa shape index (κ1) is 13.5. The smallest absolute Gasteiger partial charge is 0.240 e. The molecule has 0 bridgehead atoms. The van der Waals surface area contributed by atoms with E-state index in [4.69, 9.17) is 0 Å². The highest BCUT2D eigenvalue weighted by Crippen LogP contribution is 2.10. The van der Waals surface area contributed by atoms with Gasteiger partial charge in [-0.2, -0.15) is 0 Å². The molecule has 0 heterocycles. The van der Waals surface area contributed by atoms with Gasteiger partial charge in [-0.05, 0) is 26.0 Å². The van der Waals surface area contributed by atoms with Crippen LogP contribution in [0.4, 0.5) is 0 Å². The van der Waals surface area contributed by atoms with Crippen LogP contribution in [0.25, 0.3) is 0 Å². The van der Waals surface area contributed by atoms with Crippen LogP contribution in [-0.4, -0.2) is 26.5 Å². The Bertz CT molecular complexity index is 531. The Labute approximate surface area is 99.9 Å². The first-order valence-electron chi connectivity index (χ1n) is 4.93. The molecule has 0 aliphatic rings. The summed E-state index contributed by atoms with van der Waals surface area (Å²) in [6, 6.07) is 5.54. The second-order valence-electron chi connectivity index (χ2n) is 3.61. The number of sulfonamides is 1. The first-order valence-corrected chi connectivity index (χ1v) is 6.41. The lowest BCUT2D eigenvalue weighted by Crippen LogP contribution is -2.28. The van der Waals surface area contributed by atoms with Crippen LogP contribution < -0.4 is 4.72 Å². The zero-order valence-electron chi connectivity index (χ0n) is 9.56. The van der Waals surface area contributed by atoms with Crippen LogP contribution in [-0.2, 0) is 14.8 Å². The summed E-state index contributed by atoms with van der Waals surface area (Å²) in [5.41, 5.74) is 0.440. The fraction of sp³-hybridized carbons (Fsp3) is 0.273. The highest BCUT2D eigenvalue weighted by Gasteiger charge is 2.14. The molecule has 1 N–H and O–H groups in total. The molecule has 0 saturated heterocycles. The van der Waals surface area contributed by atoms with Crippen molar-refractivity contribution >= 4 is 21.6 Å². The number of carbonyl (C=O) groups is 2. The standard InChI is InChI=1S/C11H13NO4S/c1-8(13)7-12-17(15,16)11-5-3-10(4-6-11)9(2)14/h3-6,12H,7H2,1-2H3. The Morgan fingerprint density at radius 2 is 1.65 bits per heavy atom. The minimum absolute atomic E-state index is 0.0313. The Morgan fingerprint density at radius 1 is 1.12 bits per heavy atom. The molecule has 0 aromatic heterocycles. The largest absolute Gasteiger partial charge is 0.299 e. The lowest BCUT2D eigenvalue weighted by atomic mass is 10.2. The Kier molecular flexibility index (Phi) is 4.14. The third kappa shape index (κ3) is 3.76. The molecule has 1 aromatic rings. The molecule has 0 unspecified atom stereocenters. The third-order valence-corrected chi connectivity index (χ3v) is 3.50. The summed E-state index contributed by atoms with van der Waals surface area (Å²) in [5.74, 6) is -0.403. The lowest BCUT2D eigenvalue weighted by Gasteiger charge is -2.05. The van der Waals surface area contributed by atoms with E-state index in [0.717, 1.165) is 0 Å². The molecule has 5 nitrogen and oxygen atoms in total. The summed E-state index contributed by atoms with van der Waals surface area (Å²) < 4.78 is 25.5. The molecule has 0 aliphatic heterocycles. The Hall–Kier alpha value is -1.53. The van der Waals surface area contributed by atoms with Gasteiger partial charge in [-0.3, -0.25) is 9.59 Å². The third-order valence-electron chi connectivity index (χ3n) is 2.08. The van der Waals surface area contributed by atoms with Gasteiger partial charge in [-0.25, -0.2) is 13.1 Å². The molecule has 17 heavy (non-hydrogen) atoms. The fourth-order valence-electron chi connectivity index (χ4n) is 1.15. The lowest BCUT2D eigenvalue weighted by molar-refractivity contribution is -0.115. The van der Waals surface area contributed by atoms with Crippen LogP contribution in [0.2, 0.25) is 0 Å². The van der Waals surface area contributed by atoms with Crippen LogP contribution in [0.3, 0.4) is 0 Å². The molecule has 0 atom stereocenters. The van der Waals surface area contributed by atoms with E-state index in [-0.39, 0.29) is 23.0 Å². The van der Waals surface area contributed by atoms with E-state index in [0.29, 0.717) is 5.56 Å². The number of carbonyl (C=O) groups excluding carboxylic acids is 2. The predicted molar refractivity (Wildman–Crippen MR) is 62.3 cm³/mol. The van der Waals surface area contributed by atoms with Crippen molar-refractivity contribution in [1.29, 1.82) is 0 Å². The number of benzene rings is 1. The van der Waals surface area contributed by atoms with Crippen molar-refractivity contribution in [1.82, 2.24) is 4.72 Å². The van der Waals surface area contributed by atoms with Gasteiger partial charge in [0, 0.05) is 5.56 Å². The molecule has 1 rings (SSSR count). The van der Waals surface area contributed by atoms with E-state index >= 15 is 0 Å². The molecule has 6 heteroatoms.